The second-order valence-corrected chi connectivity index (χ2v) is 7.31. The summed E-state index contributed by atoms with van der Waals surface area (Å²) in [7, 11) is 0. The number of benzene rings is 3. The first kappa shape index (κ1) is 18.5. The number of hydrogen-bond acceptors (Lipinski definition) is 0. The Balaban J connectivity index is 1.65. The van der Waals surface area contributed by atoms with E-state index < -0.39 is 0 Å². The second-order valence-electron chi connectivity index (χ2n) is 7.31. The van der Waals surface area contributed by atoms with Crippen LogP contribution in [0.25, 0.3) is 0 Å². The van der Waals surface area contributed by atoms with Gasteiger partial charge in [0.15, 0.2) is 0 Å². The summed E-state index contributed by atoms with van der Waals surface area (Å²) in [5.74, 6) is 0. The topological polar surface area (TPSA) is 0 Å². The van der Waals surface area contributed by atoms with Gasteiger partial charge in [-0.2, -0.15) is 0 Å². The van der Waals surface area contributed by atoms with Crippen LogP contribution in [0, 0.1) is 0 Å². The highest BCUT2D eigenvalue weighted by Crippen LogP contribution is 2.16. The molecule has 26 heavy (non-hydrogen) atoms. The molecule has 0 aromatic heterocycles. The summed E-state index contributed by atoms with van der Waals surface area (Å²) in [6.07, 6.45) is 6.79. The van der Waals surface area contributed by atoms with Gasteiger partial charge in [-0.25, -0.2) is 0 Å². The van der Waals surface area contributed by atoms with E-state index in [9.17, 15) is 0 Å². The van der Waals surface area contributed by atoms with Crippen LogP contribution in [0.5, 0.6) is 0 Å². The Bertz CT molecular complexity index is 741. The quantitative estimate of drug-likeness (QED) is 0.423. The predicted octanol–water partition coefficient (Wildman–Crippen LogP) is 6.77. The molecule has 0 bridgehead atoms. The Morgan fingerprint density at radius 1 is 0.462 bits per heavy atom. The predicted molar refractivity (Wildman–Crippen MR) is 113 cm³/mol. The fourth-order valence-electron chi connectivity index (χ4n) is 3.61. The molecule has 0 amide bonds. The molecule has 0 heterocycles. The molecule has 0 N–H and O–H groups in total. The van der Waals surface area contributed by atoms with E-state index in [1.165, 1.54) is 59.1 Å². The van der Waals surface area contributed by atoms with Crippen LogP contribution in [0.4, 0.5) is 0 Å². The molecule has 0 heteroatoms. The van der Waals surface area contributed by atoms with E-state index in [0.717, 1.165) is 12.8 Å². The third-order valence-electron chi connectivity index (χ3n) is 4.90. The standard InChI is InChI=1S/C26H30/c1-3-7-21-9-5-11-25(17-21)19-23-13-15-24(16-14-23)20-26-12-6-10-22(18-26)8-4-2/h5-6,9-18H,3-4,7-8,19-20H2,1-2H3. The summed E-state index contributed by atoms with van der Waals surface area (Å²) in [5.41, 5.74) is 8.51. The summed E-state index contributed by atoms with van der Waals surface area (Å²) in [6.45, 7) is 4.48. The molecule has 3 aromatic rings. The van der Waals surface area contributed by atoms with E-state index >= 15 is 0 Å². The van der Waals surface area contributed by atoms with Crippen LogP contribution in [0.3, 0.4) is 0 Å². The van der Waals surface area contributed by atoms with Gasteiger partial charge in [-0.15, -0.1) is 0 Å². The van der Waals surface area contributed by atoms with Crippen molar-refractivity contribution in [3.05, 3.63) is 106 Å². The molecule has 0 aliphatic heterocycles. The molecular formula is C26H30. The van der Waals surface area contributed by atoms with E-state index in [1.54, 1.807) is 0 Å². The van der Waals surface area contributed by atoms with Crippen LogP contribution in [0.15, 0.2) is 72.8 Å². The Hall–Kier alpha value is -2.34. The van der Waals surface area contributed by atoms with Gasteiger partial charge in [-0.1, -0.05) is 99.5 Å². The minimum atomic E-state index is 1.02. The summed E-state index contributed by atoms with van der Waals surface area (Å²) in [5, 5.41) is 0. The van der Waals surface area contributed by atoms with Gasteiger partial charge in [-0.05, 0) is 59.1 Å². The van der Waals surface area contributed by atoms with Gasteiger partial charge in [0.25, 0.3) is 0 Å². The van der Waals surface area contributed by atoms with E-state index in [4.69, 9.17) is 0 Å². The van der Waals surface area contributed by atoms with Crippen LogP contribution in [-0.2, 0) is 25.7 Å². The van der Waals surface area contributed by atoms with Crippen LogP contribution in [-0.4, -0.2) is 0 Å². The van der Waals surface area contributed by atoms with Crippen molar-refractivity contribution < 1.29 is 0 Å². The lowest BCUT2D eigenvalue weighted by molar-refractivity contribution is 0.918. The number of aryl methyl sites for hydroxylation is 2. The van der Waals surface area contributed by atoms with Crippen molar-refractivity contribution >= 4 is 0 Å². The largest absolute Gasteiger partial charge is 0.0651 e. The van der Waals surface area contributed by atoms with Gasteiger partial charge in [0.2, 0.25) is 0 Å². The average molecular weight is 343 g/mol. The van der Waals surface area contributed by atoms with Crippen molar-refractivity contribution in [1.82, 2.24) is 0 Å². The van der Waals surface area contributed by atoms with E-state index in [2.05, 4.69) is 86.6 Å². The summed E-state index contributed by atoms with van der Waals surface area (Å²) in [4.78, 5) is 0. The Morgan fingerprint density at radius 2 is 0.846 bits per heavy atom. The van der Waals surface area contributed by atoms with Crippen LogP contribution < -0.4 is 0 Å². The zero-order chi connectivity index (χ0) is 18.2. The highest BCUT2D eigenvalue weighted by Gasteiger charge is 2.01. The second kappa shape index (κ2) is 9.38. The van der Waals surface area contributed by atoms with Crippen molar-refractivity contribution in [2.75, 3.05) is 0 Å². The molecule has 0 nitrogen and oxygen atoms in total. The number of hydrogen-bond donors (Lipinski definition) is 0. The minimum Gasteiger partial charge on any atom is -0.0651 e. The maximum atomic E-state index is 2.36. The highest BCUT2D eigenvalue weighted by molar-refractivity contribution is 5.34. The molecule has 0 spiro atoms. The zero-order valence-electron chi connectivity index (χ0n) is 16.2. The molecule has 3 aromatic carbocycles. The summed E-state index contributed by atoms with van der Waals surface area (Å²) < 4.78 is 0. The first-order valence-corrected chi connectivity index (χ1v) is 10.00. The lowest BCUT2D eigenvalue weighted by atomic mass is 9.98. The van der Waals surface area contributed by atoms with Gasteiger partial charge in [0, 0.05) is 0 Å². The molecule has 0 unspecified atom stereocenters. The first-order valence-electron chi connectivity index (χ1n) is 10.00. The summed E-state index contributed by atoms with van der Waals surface area (Å²) in [6, 6.07) is 27.2. The van der Waals surface area contributed by atoms with Crippen molar-refractivity contribution in [3.63, 3.8) is 0 Å². The molecule has 3 rings (SSSR count). The third-order valence-corrected chi connectivity index (χ3v) is 4.90. The van der Waals surface area contributed by atoms with Gasteiger partial charge in [-0.3, -0.25) is 0 Å². The van der Waals surface area contributed by atoms with Gasteiger partial charge < -0.3 is 0 Å². The molecular weight excluding hydrogens is 312 g/mol. The zero-order valence-corrected chi connectivity index (χ0v) is 16.2. The fraction of sp³-hybridized carbons (Fsp3) is 0.308. The molecule has 0 saturated carbocycles. The normalized spacial score (nSPS) is 10.8. The van der Waals surface area contributed by atoms with Crippen LogP contribution in [0.2, 0.25) is 0 Å². The van der Waals surface area contributed by atoms with Gasteiger partial charge in [0.1, 0.15) is 0 Å². The molecule has 0 aliphatic carbocycles. The minimum absolute atomic E-state index is 1.02. The lowest BCUT2D eigenvalue weighted by Gasteiger charge is -2.08. The van der Waals surface area contributed by atoms with E-state index in [1.807, 2.05) is 0 Å². The van der Waals surface area contributed by atoms with Crippen molar-refractivity contribution in [3.8, 4) is 0 Å². The maximum absolute atomic E-state index is 2.36. The molecule has 0 fully saturated rings. The molecule has 134 valence electrons. The van der Waals surface area contributed by atoms with Gasteiger partial charge in [0.05, 0.1) is 0 Å². The molecule has 0 saturated heterocycles. The molecule has 0 aliphatic rings. The molecule has 0 atom stereocenters. The fourth-order valence-corrected chi connectivity index (χ4v) is 3.61. The first-order chi connectivity index (χ1) is 12.8. The monoisotopic (exact) mass is 342 g/mol. The molecule has 0 radical (unpaired) electrons. The van der Waals surface area contributed by atoms with Crippen molar-refractivity contribution in [1.29, 1.82) is 0 Å². The highest BCUT2D eigenvalue weighted by atomic mass is 14.1. The smallest absolute Gasteiger partial charge is 0.00257 e. The van der Waals surface area contributed by atoms with Gasteiger partial charge >= 0.3 is 0 Å². The lowest BCUT2D eigenvalue weighted by Crippen LogP contribution is -1.93. The average Bonchev–Trinajstić information content (AvgIpc) is 2.65. The van der Waals surface area contributed by atoms with Crippen LogP contribution in [0.1, 0.15) is 60.1 Å². The van der Waals surface area contributed by atoms with Crippen molar-refractivity contribution in [2.45, 2.75) is 52.4 Å². The Morgan fingerprint density at radius 3 is 1.23 bits per heavy atom. The van der Waals surface area contributed by atoms with E-state index in [0.29, 0.717) is 0 Å². The third kappa shape index (κ3) is 5.33. The Labute approximate surface area is 158 Å². The van der Waals surface area contributed by atoms with Crippen molar-refractivity contribution in [2.24, 2.45) is 0 Å². The maximum Gasteiger partial charge on any atom is -0.00257 e. The van der Waals surface area contributed by atoms with E-state index in [-0.39, 0.29) is 0 Å². The SMILES string of the molecule is CCCc1cccc(Cc2ccc(Cc3cccc(CCC)c3)cc2)c1. The van der Waals surface area contributed by atoms with Crippen LogP contribution >= 0.6 is 0 Å². The summed E-state index contributed by atoms with van der Waals surface area (Å²) >= 11 is 0. The number of rotatable bonds is 8. The Kier molecular flexibility index (Phi) is 6.66.